The lowest BCUT2D eigenvalue weighted by molar-refractivity contribution is 0.00299. The van der Waals surface area contributed by atoms with Crippen LogP contribution in [0.25, 0.3) is 0 Å². The minimum atomic E-state index is 0.419. The van der Waals surface area contributed by atoms with Crippen molar-refractivity contribution in [3.05, 3.63) is 23.5 Å². The van der Waals surface area contributed by atoms with Gasteiger partial charge in [-0.1, -0.05) is 11.6 Å². The number of nitrogens with one attached hydrogen (secondary N) is 1. The van der Waals surface area contributed by atoms with Crippen LogP contribution in [0.15, 0.2) is 18.3 Å². The summed E-state index contributed by atoms with van der Waals surface area (Å²) in [5, 5.41) is 3.90. The molecular weight excluding hydrogens is 212 g/mol. The summed E-state index contributed by atoms with van der Waals surface area (Å²) in [7, 11) is 0. The van der Waals surface area contributed by atoms with Crippen LogP contribution in [0.3, 0.4) is 0 Å². The van der Waals surface area contributed by atoms with E-state index in [9.17, 15) is 0 Å². The Hall–Kier alpha value is -0.800. The molecule has 1 aliphatic rings. The molecule has 0 atom stereocenters. The third-order valence-electron chi connectivity index (χ3n) is 2.62. The van der Waals surface area contributed by atoms with E-state index in [0.29, 0.717) is 17.3 Å². The van der Waals surface area contributed by atoms with Crippen molar-refractivity contribution in [1.82, 2.24) is 4.98 Å². The molecule has 1 fully saturated rings. The maximum Gasteiger partial charge on any atom is 0.152 e. The molecular formula is C11H15ClN2O. The zero-order valence-corrected chi connectivity index (χ0v) is 9.50. The summed E-state index contributed by atoms with van der Waals surface area (Å²) < 4.78 is 5.49. The number of hydrogen-bond donors (Lipinski definition) is 1. The fraction of sp³-hybridized carbons (Fsp3) is 0.545. The van der Waals surface area contributed by atoms with Crippen LogP contribution in [0.4, 0.5) is 5.69 Å². The van der Waals surface area contributed by atoms with Gasteiger partial charge in [0.05, 0.1) is 11.8 Å². The van der Waals surface area contributed by atoms with Gasteiger partial charge < -0.3 is 10.1 Å². The fourth-order valence-electron chi connectivity index (χ4n) is 1.77. The molecule has 1 aromatic rings. The lowest BCUT2D eigenvalue weighted by Crippen LogP contribution is -2.40. The predicted molar refractivity (Wildman–Crippen MR) is 61.3 cm³/mol. The van der Waals surface area contributed by atoms with Crippen LogP contribution >= 0.6 is 11.6 Å². The maximum atomic E-state index is 5.94. The molecule has 3 nitrogen and oxygen atoms in total. The van der Waals surface area contributed by atoms with Gasteiger partial charge >= 0.3 is 0 Å². The second-order valence-corrected chi connectivity index (χ2v) is 4.09. The molecule has 1 aromatic heterocycles. The van der Waals surface area contributed by atoms with Gasteiger partial charge in [-0.05, 0) is 31.9 Å². The number of ether oxygens (including phenoxy) is 1. The molecule has 0 unspecified atom stereocenters. The average Bonchev–Trinajstić information content (AvgIpc) is 2.18. The van der Waals surface area contributed by atoms with Gasteiger partial charge in [0.15, 0.2) is 5.15 Å². The number of hydrogen-bond acceptors (Lipinski definition) is 3. The second-order valence-electron chi connectivity index (χ2n) is 3.73. The number of halogens is 1. The summed E-state index contributed by atoms with van der Waals surface area (Å²) >= 11 is 5.94. The summed E-state index contributed by atoms with van der Waals surface area (Å²) in [6.07, 6.45) is 4.22. The van der Waals surface area contributed by atoms with Crippen molar-refractivity contribution in [2.45, 2.75) is 31.9 Å². The molecule has 0 aliphatic heterocycles. The first-order valence-corrected chi connectivity index (χ1v) is 5.66. The SMILES string of the molecule is CCOC1CC(Nc2cccnc2Cl)C1. The molecule has 0 radical (unpaired) electrons. The van der Waals surface area contributed by atoms with Crippen LogP contribution in [-0.4, -0.2) is 23.7 Å². The summed E-state index contributed by atoms with van der Waals surface area (Å²) in [6.45, 7) is 2.82. The quantitative estimate of drug-likeness (QED) is 0.802. The lowest BCUT2D eigenvalue weighted by atomic mass is 9.89. The average molecular weight is 227 g/mol. The summed E-state index contributed by atoms with van der Waals surface area (Å²) in [5.41, 5.74) is 0.916. The molecule has 1 N–H and O–H groups in total. The van der Waals surface area contributed by atoms with Gasteiger partial charge in [0.2, 0.25) is 0 Å². The Kier molecular flexibility index (Phi) is 3.44. The van der Waals surface area contributed by atoms with E-state index in [0.717, 1.165) is 25.1 Å². The van der Waals surface area contributed by atoms with Gasteiger partial charge in [0.25, 0.3) is 0 Å². The van der Waals surface area contributed by atoms with E-state index in [1.807, 2.05) is 19.1 Å². The monoisotopic (exact) mass is 226 g/mol. The maximum absolute atomic E-state index is 5.94. The topological polar surface area (TPSA) is 34.1 Å². The normalized spacial score (nSPS) is 24.7. The predicted octanol–water partition coefficient (Wildman–Crippen LogP) is 2.71. The number of aromatic nitrogens is 1. The Balaban J connectivity index is 1.82. The minimum absolute atomic E-state index is 0.419. The molecule has 0 amide bonds. The van der Waals surface area contributed by atoms with Gasteiger partial charge in [-0.25, -0.2) is 4.98 Å². The second kappa shape index (κ2) is 4.81. The van der Waals surface area contributed by atoms with Crippen LogP contribution in [0.5, 0.6) is 0 Å². The first-order valence-electron chi connectivity index (χ1n) is 5.28. The van der Waals surface area contributed by atoms with Crippen molar-refractivity contribution in [2.24, 2.45) is 0 Å². The van der Waals surface area contributed by atoms with E-state index in [-0.39, 0.29) is 0 Å². The molecule has 2 rings (SSSR count). The summed E-state index contributed by atoms with van der Waals surface area (Å²) in [6, 6.07) is 4.30. The first kappa shape index (κ1) is 10.7. The van der Waals surface area contributed by atoms with Crippen LogP contribution in [0.1, 0.15) is 19.8 Å². The molecule has 15 heavy (non-hydrogen) atoms. The molecule has 0 saturated heterocycles. The van der Waals surface area contributed by atoms with Gasteiger partial charge in [0, 0.05) is 18.8 Å². The third kappa shape index (κ3) is 2.61. The van der Waals surface area contributed by atoms with Crippen molar-refractivity contribution in [2.75, 3.05) is 11.9 Å². The Labute approximate surface area is 94.8 Å². The Morgan fingerprint density at radius 2 is 2.40 bits per heavy atom. The van der Waals surface area contributed by atoms with Gasteiger partial charge in [-0.15, -0.1) is 0 Å². The van der Waals surface area contributed by atoms with Crippen molar-refractivity contribution in [3.8, 4) is 0 Å². The number of pyridine rings is 1. The Bertz CT molecular complexity index is 326. The molecule has 1 aliphatic carbocycles. The van der Waals surface area contributed by atoms with Crippen molar-refractivity contribution in [1.29, 1.82) is 0 Å². The highest BCUT2D eigenvalue weighted by molar-refractivity contribution is 6.31. The van der Waals surface area contributed by atoms with Gasteiger partial charge in [-0.2, -0.15) is 0 Å². The van der Waals surface area contributed by atoms with Gasteiger partial charge in [0.1, 0.15) is 0 Å². The molecule has 82 valence electrons. The third-order valence-corrected chi connectivity index (χ3v) is 2.92. The van der Waals surface area contributed by atoms with E-state index >= 15 is 0 Å². The van der Waals surface area contributed by atoms with Crippen LogP contribution in [-0.2, 0) is 4.74 Å². The fourth-order valence-corrected chi connectivity index (χ4v) is 1.94. The van der Waals surface area contributed by atoms with Crippen LogP contribution in [0, 0.1) is 0 Å². The van der Waals surface area contributed by atoms with Crippen molar-refractivity contribution >= 4 is 17.3 Å². The minimum Gasteiger partial charge on any atom is -0.380 e. The van der Waals surface area contributed by atoms with Crippen LogP contribution in [0.2, 0.25) is 5.15 Å². The van der Waals surface area contributed by atoms with Crippen LogP contribution < -0.4 is 5.32 Å². The number of rotatable bonds is 4. The zero-order chi connectivity index (χ0) is 10.7. The highest BCUT2D eigenvalue weighted by atomic mass is 35.5. The molecule has 0 spiro atoms. The largest absolute Gasteiger partial charge is 0.380 e. The Morgan fingerprint density at radius 1 is 1.60 bits per heavy atom. The van der Waals surface area contributed by atoms with E-state index in [2.05, 4.69) is 10.3 Å². The summed E-state index contributed by atoms with van der Waals surface area (Å²) in [4.78, 5) is 4.02. The first-order chi connectivity index (χ1) is 7.29. The highest BCUT2D eigenvalue weighted by Gasteiger charge is 2.29. The number of nitrogens with zero attached hydrogens (tertiary/aromatic N) is 1. The molecule has 1 heterocycles. The van der Waals surface area contributed by atoms with E-state index in [1.54, 1.807) is 6.20 Å². The van der Waals surface area contributed by atoms with E-state index in [1.165, 1.54) is 0 Å². The summed E-state index contributed by atoms with van der Waals surface area (Å²) in [5.74, 6) is 0. The molecule has 0 aromatic carbocycles. The van der Waals surface area contributed by atoms with Crippen molar-refractivity contribution < 1.29 is 4.74 Å². The zero-order valence-electron chi connectivity index (χ0n) is 8.74. The van der Waals surface area contributed by atoms with E-state index < -0.39 is 0 Å². The Morgan fingerprint density at radius 3 is 3.07 bits per heavy atom. The molecule has 4 heteroatoms. The lowest BCUT2D eigenvalue weighted by Gasteiger charge is -2.36. The molecule has 1 saturated carbocycles. The van der Waals surface area contributed by atoms with E-state index in [4.69, 9.17) is 16.3 Å². The number of anilines is 1. The molecule has 0 bridgehead atoms. The van der Waals surface area contributed by atoms with Gasteiger partial charge in [-0.3, -0.25) is 0 Å². The van der Waals surface area contributed by atoms with Crippen molar-refractivity contribution in [3.63, 3.8) is 0 Å². The highest BCUT2D eigenvalue weighted by Crippen LogP contribution is 2.28. The smallest absolute Gasteiger partial charge is 0.152 e. The standard InChI is InChI=1S/C11H15ClN2O/c1-2-15-9-6-8(7-9)14-10-4-3-5-13-11(10)12/h3-5,8-9,14H,2,6-7H2,1H3.